The molecule has 2 aromatic rings. The molecule has 2 aromatic carbocycles. The maximum atomic E-state index is 6.29. The molecule has 0 bridgehead atoms. The van der Waals surface area contributed by atoms with Crippen LogP contribution in [0.2, 0.25) is 0 Å². The largest absolute Gasteiger partial charge is 0.489 e. The third kappa shape index (κ3) is 3.82. The van der Waals surface area contributed by atoms with Gasteiger partial charge in [-0.3, -0.25) is 0 Å². The van der Waals surface area contributed by atoms with E-state index in [9.17, 15) is 0 Å². The van der Waals surface area contributed by atoms with Crippen molar-refractivity contribution >= 4 is 0 Å². The first-order valence-corrected chi connectivity index (χ1v) is 9.08. The van der Waals surface area contributed by atoms with E-state index in [1.165, 1.54) is 27.8 Å². The number of benzene rings is 2. The fourth-order valence-electron chi connectivity index (χ4n) is 3.51. The van der Waals surface area contributed by atoms with Gasteiger partial charge in [-0.1, -0.05) is 30.3 Å². The first-order valence-electron chi connectivity index (χ1n) is 9.08. The van der Waals surface area contributed by atoms with Crippen LogP contribution in [0.3, 0.4) is 0 Å². The molecule has 0 saturated heterocycles. The van der Waals surface area contributed by atoms with Gasteiger partial charge in [0, 0.05) is 18.5 Å². The molecule has 0 fully saturated rings. The van der Waals surface area contributed by atoms with Crippen molar-refractivity contribution in [3.63, 3.8) is 0 Å². The Bertz CT molecular complexity index is 738. The molecule has 1 atom stereocenters. The van der Waals surface area contributed by atoms with Crippen LogP contribution >= 0.6 is 0 Å². The SMILES string of the molecule is Cc1c(C)c2c(c(C)c1OCc1ccccc1)C[C@@H](CCN(C)C)O2. The predicted molar refractivity (Wildman–Crippen MR) is 103 cm³/mol. The molecule has 134 valence electrons. The summed E-state index contributed by atoms with van der Waals surface area (Å²) in [5.74, 6) is 2.11. The van der Waals surface area contributed by atoms with Gasteiger partial charge in [0.15, 0.2) is 0 Å². The quantitative estimate of drug-likeness (QED) is 0.776. The van der Waals surface area contributed by atoms with E-state index < -0.39 is 0 Å². The maximum absolute atomic E-state index is 6.29. The first kappa shape index (κ1) is 17.8. The Morgan fingerprint density at radius 3 is 2.44 bits per heavy atom. The molecule has 0 amide bonds. The van der Waals surface area contributed by atoms with Gasteiger partial charge in [-0.15, -0.1) is 0 Å². The second-order valence-electron chi connectivity index (χ2n) is 7.32. The van der Waals surface area contributed by atoms with Gasteiger partial charge in [-0.2, -0.15) is 0 Å². The summed E-state index contributed by atoms with van der Waals surface area (Å²) in [6, 6.07) is 10.3. The Hall–Kier alpha value is -2.00. The molecule has 25 heavy (non-hydrogen) atoms. The number of hydrogen-bond acceptors (Lipinski definition) is 3. The van der Waals surface area contributed by atoms with E-state index >= 15 is 0 Å². The van der Waals surface area contributed by atoms with E-state index in [1.807, 2.05) is 6.07 Å². The van der Waals surface area contributed by atoms with Gasteiger partial charge >= 0.3 is 0 Å². The van der Waals surface area contributed by atoms with E-state index in [0.29, 0.717) is 6.61 Å². The second-order valence-corrected chi connectivity index (χ2v) is 7.32. The van der Waals surface area contributed by atoms with Crippen LogP contribution in [0.5, 0.6) is 11.5 Å². The zero-order chi connectivity index (χ0) is 18.0. The second kappa shape index (κ2) is 7.49. The highest BCUT2D eigenvalue weighted by Crippen LogP contribution is 2.43. The summed E-state index contributed by atoms with van der Waals surface area (Å²) < 4.78 is 12.5. The normalized spacial score (nSPS) is 16.0. The molecular weight excluding hydrogens is 310 g/mol. The van der Waals surface area contributed by atoms with Gasteiger partial charge < -0.3 is 14.4 Å². The molecule has 3 heteroatoms. The van der Waals surface area contributed by atoms with Gasteiger partial charge in [0.2, 0.25) is 0 Å². The molecule has 1 aliphatic rings. The van der Waals surface area contributed by atoms with E-state index in [-0.39, 0.29) is 6.10 Å². The van der Waals surface area contributed by atoms with Crippen LogP contribution in [0.15, 0.2) is 30.3 Å². The molecule has 1 heterocycles. The van der Waals surface area contributed by atoms with E-state index in [2.05, 4.69) is 64.0 Å². The van der Waals surface area contributed by atoms with Gasteiger partial charge in [0.25, 0.3) is 0 Å². The average Bonchev–Trinajstić information content (AvgIpc) is 3.04. The van der Waals surface area contributed by atoms with Crippen molar-refractivity contribution in [1.29, 1.82) is 0 Å². The minimum absolute atomic E-state index is 0.276. The molecule has 1 aliphatic heterocycles. The monoisotopic (exact) mass is 339 g/mol. The summed E-state index contributed by atoms with van der Waals surface area (Å²) in [6.07, 6.45) is 2.32. The molecular formula is C22H29NO2. The van der Waals surface area contributed by atoms with Crippen molar-refractivity contribution in [2.24, 2.45) is 0 Å². The minimum atomic E-state index is 0.276. The van der Waals surface area contributed by atoms with Gasteiger partial charge in [0.1, 0.15) is 24.2 Å². The lowest BCUT2D eigenvalue weighted by Crippen LogP contribution is -2.22. The number of hydrogen-bond donors (Lipinski definition) is 0. The highest BCUT2D eigenvalue weighted by atomic mass is 16.5. The standard InChI is InChI=1S/C22H29NO2/c1-15-16(2)22-20(13-19(25-22)11-12-23(4)5)17(3)21(15)24-14-18-9-7-6-8-10-18/h6-10,19H,11-14H2,1-5H3/t19-/m1/s1. The van der Waals surface area contributed by atoms with Crippen molar-refractivity contribution in [3.8, 4) is 11.5 Å². The van der Waals surface area contributed by atoms with E-state index in [1.54, 1.807) is 0 Å². The van der Waals surface area contributed by atoms with Gasteiger partial charge in [-0.25, -0.2) is 0 Å². The molecule has 0 radical (unpaired) electrons. The molecule has 3 nitrogen and oxygen atoms in total. The Kier molecular flexibility index (Phi) is 5.33. The Morgan fingerprint density at radius 2 is 1.76 bits per heavy atom. The summed E-state index contributed by atoms with van der Waals surface area (Å²) >= 11 is 0. The molecule has 0 saturated carbocycles. The fourth-order valence-corrected chi connectivity index (χ4v) is 3.51. The lowest BCUT2D eigenvalue weighted by molar-refractivity contribution is 0.202. The number of fused-ring (bicyclic) bond motifs is 1. The summed E-state index contributed by atoms with van der Waals surface area (Å²) in [7, 11) is 4.22. The summed E-state index contributed by atoms with van der Waals surface area (Å²) in [5, 5.41) is 0. The molecule has 0 aromatic heterocycles. The highest BCUT2D eigenvalue weighted by molar-refractivity contribution is 5.59. The number of rotatable bonds is 6. The Labute approximate surface area is 151 Å². The maximum Gasteiger partial charge on any atom is 0.126 e. The molecule has 0 unspecified atom stereocenters. The van der Waals surface area contributed by atoms with Crippen LogP contribution < -0.4 is 9.47 Å². The average molecular weight is 339 g/mol. The molecule has 3 rings (SSSR count). The third-order valence-electron chi connectivity index (χ3n) is 5.15. The zero-order valence-electron chi connectivity index (χ0n) is 16.1. The summed E-state index contributed by atoms with van der Waals surface area (Å²) in [6.45, 7) is 8.11. The van der Waals surface area contributed by atoms with Crippen molar-refractivity contribution < 1.29 is 9.47 Å². The summed E-state index contributed by atoms with van der Waals surface area (Å²) in [5.41, 5.74) is 6.17. The lowest BCUT2D eigenvalue weighted by atomic mass is 9.95. The Morgan fingerprint density at radius 1 is 1.04 bits per heavy atom. The lowest BCUT2D eigenvalue weighted by Gasteiger charge is -2.18. The summed E-state index contributed by atoms with van der Waals surface area (Å²) in [4.78, 5) is 2.21. The van der Waals surface area contributed by atoms with E-state index in [4.69, 9.17) is 9.47 Å². The van der Waals surface area contributed by atoms with Crippen molar-refractivity contribution in [3.05, 3.63) is 58.1 Å². The van der Waals surface area contributed by atoms with Crippen LogP contribution in [-0.4, -0.2) is 31.6 Å². The molecule has 0 spiro atoms. The van der Waals surface area contributed by atoms with Crippen molar-refractivity contribution in [2.75, 3.05) is 20.6 Å². The minimum Gasteiger partial charge on any atom is -0.489 e. The van der Waals surface area contributed by atoms with E-state index in [0.717, 1.165) is 30.9 Å². The zero-order valence-corrected chi connectivity index (χ0v) is 16.1. The van der Waals surface area contributed by atoms with Gasteiger partial charge in [0.05, 0.1) is 0 Å². The number of nitrogens with zero attached hydrogens (tertiary/aromatic N) is 1. The van der Waals surface area contributed by atoms with Gasteiger partial charge in [-0.05, 0) is 63.5 Å². The topological polar surface area (TPSA) is 21.7 Å². The van der Waals surface area contributed by atoms with Crippen LogP contribution in [0, 0.1) is 20.8 Å². The highest BCUT2D eigenvalue weighted by Gasteiger charge is 2.29. The molecule has 0 aliphatic carbocycles. The van der Waals surface area contributed by atoms with Crippen molar-refractivity contribution in [2.45, 2.75) is 46.3 Å². The molecule has 0 N–H and O–H groups in total. The van der Waals surface area contributed by atoms with Crippen LogP contribution in [0.25, 0.3) is 0 Å². The van der Waals surface area contributed by atoms with Crippen LogP contribution in [-0.2, 0) is 13.0 Å². The van der Waals surface area contributed by atoms with Crippen LogP contribution in [0.1, 0.15) is 34.2 Å². The first-order chi connectivity index (χ1) is 12.0. The predicted octanol–water partition coefficient (Wildman–Crippen LogP) is 4.45. The van der Waals surface area contributed by atoms with Crippen molar-refractivity contribution in [1.82, 2.24) is 4.90 Å². The fraction of sp³-hybridized carbons (Fsp3) is 0.455. The number of ether oxygens (including phenoxy) is 2. The third-order valence-corrected chi connectivity index (χ3v) is 5.15. The smallest absolute Gasteiger partial charge is 0.126 e. The van der Waals surface area contributed by atoms with Crippen LogP contribution in [0.4, 0.5) is 0 Å². The Balaban J connectivity index is 1.81.